The third-order valence-corrected chi connectivity index (χ3v) is 8.03. The number of pyridine rings is 1. The normalized spacial score (nSPS) is 18.3. The molecule has 4 aromatic rings. The molecule has 0 amide bonds. The molecule has 1 saturated carbocycles. The molecule has 0 bridgehead atoms. The molecular weight excluding hydrogens is 441 g/mol. The zero-order chi connectivity index (χ0) is 22.4. The van der Waals surface area contributed by atoms with Crippen LogP contribution in [0.1, 0.15) is 54.1 Å². The molecular formula is C27H26NNaO3S. The van der Waals surface area contributed by atoms with E-state index in [0.29, 0.717) is 28.3 Å². The minimum absolute atomic E-state index is 0. The van der Waals surface area contributed by atoms with E-state index in [1.807, 2.05) is 31.2 Å². The molecule has 2 heterocycles. The summed E-state index contributed by atoms with van der Waals surface area (Å²) in [5, 5.41) is 14.0. The summed E-state index contributed by atoms with van der Waals surface area (Å²) in [7, 11) is 0. The number of fused-ring (bicyclic) bond motifs is 2. The van der Waals surface area contributed by atoms with E-state index in [0.717, 1.165) is 40.0 Å². The number of ether oxygens (including phenoxy) is 1. The summed E-state index contributed by atoms with van der Waals surface area (Å²) < 4.78 is 7.58. The topological polar surface area (TPSA) is 62.2 Å². The average molecular weight is 468 g/mol. The quantitative estimate of drug-likeness (QED) is 0.433. The molecule has 4 nitrogen and oxygen atoms in total. The van der Waals surface area contributed by atoms with Gasteiger partial charge in [-0.15, -0.1) is 11.3 Å². The Labute approximate surface area is 220 Å². The van der Waals surface area contributed by atoms with Gasteiger partial charge in [-0.05, 0) is 73.7 Å². The zero-order valence-electron chi connectivity index (χ0n) is 19.6. The molecule has 1 aliphatic rings. The van der Waals surface area contributed by atoms with Crippen molar-refractivity contribution >= 4 is 38.3 Å². The fourth-order valence-electron chi connectivity index (χ4n) is 4.86. The Hall–Kier alpha value is -1.92. The second-order valence-electron chi connectivity index (χ2n) is 8.92. The molecule has 0 unspecified atom stereocenters. The Balaban J connectivity index is 0.00000259. The van der Waals surface area contributed by atoms with Crippen molar-refractivity contribution < 1.29 is 44.2 Å². The van der Waals surface area contributed by atoms with Gasteiger partial charge in [-0.25, -0.2) is 4.98 Å². The van der Waals surface area contributed by atoms with Crippen molar-refractivity contribution in [2.45, 2.75) is 52.6 Å². The molecule has 33 heavy (non-hydrogen) atoms. The Kier molecular flexibility index (Phi) is 7.15. The summed E-state index contributed by atoms with van der Waals surface area (Å²) in [6, 6.07) is 13.7. The Bertz CT molecular complexity index is 1350. The van der Waals surface area contributed by atoms with Crippen molar-refractivity contribution in [1.29, 1.82) is 0 Å². The summed E-state index contributed by atoms with van der Waals surface area (Å²) in [6.45, 7) is 6.24. The van der Waals surface area contributed by atoms with Crippen molar-refractivity contribution in [2.75, 3.05) is 0 Å². The van der Waals surface area contributed by atoms with Crippen LogP contribution in [-0.2, 0) is 0 Å². The molecule has 0 saturated heterocycles. The molecule has 1 fully saturated rings. The first kappa shape index (κ1) is 24.2. The fourth-order valence-corrected chi connectivity index (χ4v) is 6.03. The van der Waals surface area contributed by atoms with Crippen molar-refractivity contribution in [2.24, 2.45) is 5.92 Å². The second-order valence-corrected chi connectivity index (χ2v) is 9.97. The molecule has 0 spiro atoms. The monoisotopic (exact) mass is 467 g/mol. The number of rotatable bonds is 4. The van der Waals surface area contributed by atoms with Crippen LogP contribution in [0.5, 0.6) is 5.75 Å². The third kappa shape index (κ3) is 4.44. The second kappa shape index (κ2) is 9.75. The van der Waals surface area contributed by atoms with Crippen LogP contribution in [0.15, 0.2) is 42.5 Å². The van der Waals surface area contributed by atoms with Gasteiger partial charge >= 0.3 is 29.6 Å². The minimum atomic E-state index is -1.20. The number of aromatic carboxylic acids is 1. The van der Waals surface area contributed by atoms with Gasteiger partial charge in [0.15, 0.2) is 0 Å². The zero-order valence-corrected chi connectivity index (χ0v) is 22.4. The van der Waals surface area contributed by atoms with E-state index in [4.69, 9.17) is 9.72 Å². The van der Waals surface area contributed by atoms with E-state index in [-0.39, 0.29) is 41.2 Å². The van der Waals surface area contributed by atoms with Crippen LogP contribution in [0, 0.1) is 19.8 Å². The third-order valence-electron chi connectivity index (χ3n) is 6.73. The molecule has 6 heteroatoms. The largest absolute Gasteiger partial charge is 1.00 e. The first-order valence-electron chi connectivity index (χ1n) is 11.2. The van der Waals surface area contributed by atoms with Gasteiger partial charge < -0.3 is 14.6 Å². The Morgan fingerprint density at radius 2 is 1.88 bits per heavy atom. The van der Waals surface area contributed by atoms with E-state index < -0.39 is 5.97 Å². The number of benzene rings is 2. The molecule has 2 atom stereocenters. The predicted octanol–water partition coefficient (Wildman–Crippen LogP) is 3.06. The number of carbonyl (C=O) groups is 1. The van der Waals surface area contributed by atoms with E-state index in [9.17, 15) is 9.90 Å². The molecule has 0 radical (unpaired) electrons. The molecule has 0 N–H and O–H groups in total. The first-order chi connectivity index (χ1) is 15.4. The number of hydrogen-bond acceptors (Lipinski definition) is 5. The Morgan fingerprint density at radius 1 is 1.12 bits per heavy atom. The van der Waals surface area contributed by atoms with Crippen LogP contribution in [0.3, 0.4) is 0 Å². The van der Waals surface area contributed by atoms with E-state index in [2.05, 4.69) is 26.0 Å². The molecule has 2 aromatic heterocycles. The van der Waals surface area contributed by atoms with Gasteiger partial charge in [0.25, 0.3) is 0 Å². The summed E-state index contributed by atoms with van der Waals surface area (Å²) >= 11 is 1.64. The number of hydrogen-bond donors (Lipinski definition) is 0. The number of thiophene rings is 1. The van der Waals surface area contributed by atoms with Crippen LogP contribution in [0.4, 0.5) is 0 Å². The number of aromatic nitrogens is 1. The smallest absolute Gasteiger partial charge is 0.545 e. The van der Waals surface area contributed by atoms with Crippen LogP contribution < -0.4 is 39.4 Å². The van der Waals surface area contributed by atoms with Crippen LogP contribution in [0.2, 0.25) is 0 Å². The SMILES string of the molecule is Cc1c(-c2cc(C(=O)[O-])c3c(O[C@@H]4CCCC[C@@H]4C)ccc(C)c3n2)sc2ccccc12.[Na+]. The molecule has 1 aliphatic carbocycles. The van der Waals surface area contributed by atoms with E-state index >= 15 is 0 Å². The van der Waals surface area contributed by atoms with Crippen LogP contribution >= 0.6 is 11.3 Å². The number of nitrogens with zero attached hydrogens (tertiary/aromatic N) is 1. The Morgan fingerprint density at radius 3 is 2.61 bits per heavy atom. The number of carboxylic acid groups (broad SMARTS) is 1. The van der Waals surface area contributed by atoms with Crippen molar-refractivity contribution in [3.8, 4) is 16.3 Å². The van der Waals surface area contributed by atoms with Gasteiger partial charge in [-0.3, -0.25) is 0 Å². The summed E-state index contributed by atoms with van der Waals surface area (Å²) in [6.07, 6.45) is 4.58. The van der Waals surface area contributed by atoms with E-state index in [1.165, 1.54) is 11.8 Å². The maximum Gasteiger partial charge on any atom is 1.00 e. The standard InChI is InChI=1S/C27H27NO3S.Na/c1-15-8-4-6-10-21(15)31-22-13-12-16(2)25-24(22)19(27(29)30)14-20(28-25)26-17(3)18-9-5-7-11-23(18)32-26;/h5,7,9,11-15,21H,4,6,8,10H2,1-3H3,(H,29,30);/q;+1/p-1/t15-,21+;/m0./s1. The van der Waals surface area contributed by atoms with Gasteiger partial charge in [0, 0.05) is 10.3 Å². The molecule has 164 valence electrons. The van der Waals surface area contributed by atoms with Gasteiger partial charge in [0.2, 0.25) is 0 Å². The maximum absolute atomic E-state index is 12.3. The maximum atomic E-state index is 12.3. The van der Waals surface area contributed by atoms with Gasteiger partial charge in [0.1, 0.15) is 11.9 Å². The molecule has 5 rings (SSSR count). The van der Waals surface area contributed by atoms with Crippen molar-refractivity contribution in [3.05, 3.63) is 59.2 Å². The number of carboxylic acids is 1. The number of carbonyl (C=O) groups excluding carboxylic acids is 1. The van der Waals surface area contributed by atoms with E-state index in [1.54, 1.807) is 17.4 Å². The van der Waals surface area contributed by atoms with Crippen LogP contribution in [0.25, 0.3) is 31.6 Å². The van der Waals surface area contributed by atoms with Crippen LogP contribution in [-0.4, -0.2) is 17.1 Å². The van der Waals surface area contributed by atoms with Gasteiger partial charge in [0.05, 0.1) is 27.4 Å². The molecule has 2 aromatic carbocycles. The first-order valence-corrected chi connectivity index (χ1v) is 12.1. The van der Waals surface area contributed by atoms with Gasteiger partial charge in [-0.2, -0.15) is 0 Å². The summed E-state index contributed by atoms with van der Waals surface area (Å²) in [5.74, 6) is -0.167. The van der Waals surface area contributed by atoms with Gasteiger partial charge in [-0.1, -0.05) is 37.6 Å². The summed E-state index contributed by atoms with van der Waals surface area (Å²) in [5.41, 5.74) is 3.51. The molecule has 0 aliphatic heterocycles. The average Bonchev–Trinajstić information content (AvgIpc) is 3.13. The predicted molar refractivity (Wildman–Crippen MR) is 128 cm³/mol. The van der Waals surface area contributed by atoms with Crippen molar-refractivity contribution in [1.82, 2.24) is 4.98 Å². The summed E-state index contributed by atoms with van der Waals surface area (Å²) in [4.78, 5) is 18.2. The fraction of sp³-hybridized carbons (Fsp3) is 0.333. The van der Waals surface area contributed by atoms with Crippen molar-refractivity contribution in [3.63, 3.8) is 0 Å². The number of aryl methyl sites for hydroxylation is 2. The minimum Gasteiger partial charge on any atom is -0.545 e.